The zero-order chi connectivity index (χ0) is 21.6. The molecule has 1 heterocycles. The summed E-state index contributed by atoms with van der Waals surface area (Å²) in [7, 11) is 0. The van der Waals surface area contributed by atoms with E-state index in [1.54, 1.807) is 6.07 Å². The minimum Gasteiger partial charge on any atom is -0.347 e. The number of hydrogen-bond acceptors (Lipinski definition) is 4. The summed E-state index contributed by atoms with van der Waals surface area (Å²) in [6, 6.07) is 20.9. The van der Waals surface area contributed by atoms with Crippen LogP contribution in [-0.2, 0) is 11.2 Å². The van der Waals surface area contributed by atoms with Crippen LogP contribution in [-0.4, -0.2) is 29.0 Å². The highest BCUT2D eigenvalue weighted by Crippen LogP contribution is 2.25. The molecular weight excluding hydrogens is 388 g/mol. The normalized spacial score (nSPS) is 19.5. The van der Waals surface area contributed by atoms with E-state index in [9.17, 15) is 9.59 Å². The number of carbonyl (C=O) groups excluding carboxylic acids is 2. The molecule has 0 bridgehead atoms. The van der Waals surface area contributed by atoms with Crippen molar-refractivity contribution in [3.63, 3.8) is 0 Å². The predicted octanol–water partition coefficient (Wildman–Crippen LogP) is 3.17. The number of hydrogen-bond donors (Lipinski definition) is 3. The van der Waals surface area contributed by atoms with Crippen LogP contribution < -0.4 is 16.4 Å². The van der Waals surface area contributed by atoms with Crippen LogP contribution in [0.15, 0.2) is 66.7 Å². The van der Waals surface area contributed by atoms with Crippen LogP contribution in [0.3, 0.4) is 0 Å². The lowest BCUT2D eigenvalue weighted by Crippen LogP contribution is -2.52. The van der Waals surface area contributed by atoms with Crippen molar-refractivity contribution in [2.75, 3.05) is 0 Å². The molecule has 0 aliphatic heterocycles. The van der Waals surface area contributed by atoms with Crippen molar-refractivity contribution in [2.24, 2.45) is 11.7 Å². The van der Waals surface area contributed by atoms with Crippen molar-refractivity contribution in [1.82, 2.24) is 15.6 Å². The summed E-state index contributed by atoms with van der Waals surface area (Å²) >= 11 is 0. The second-order valence-electron chi connectivity index (χ2n) is 8.16. The largest absolute Gasteiger partial charge is 0.347 e. The van der Waals surface area contributed by atoms with Gasteiger partial charge >= 0.3 is 0 Å². The van der Waals surface area contributed by atoms with Gasteiger partial charge in [-0.15, -0.1) is 0 Å². The van der Waals surface area contributed by atoms with Gasteiger partial charge in [0.15, 0.2) is 0 Å². The van der Waals surface area contributed by atoms with Gasteiger partial charge in [0, 0.05) is 17.8 Å². The number of aromatic nitrogens is 1. The fourth-order valence-electron chi connectivity index (χ4n) is 4.26. The molecule has 6 heteroatoms. The van der Waals surface area contributed by atoms with Gasteiger partial charge in [-0.3, -0.25) is 9.59 Å². The maximum atomic E-state index is 12.9. The number of pyridine rings is 1. The third-order valence-electron chi connectivity index (χ3n) is 5.88. The average Bonchev–Trinajstić information content (AvgIpc) is 2.79. The lowest BCUT2D eigenvalue weighted by atomic mass is 9.83. The molecule has 160 valence electrons. The number of nitrogens with one attached hydrogen (secondary N) is 2. The monoisotopic (exact) mass is 416 g/mol. The molecule has 1 fully saturated rings. The van der Waals surface area contributed by atoms with E-state index >= 15 is 0 Å². The molecule has 0 saturated heterocycles. The zero-order valence-corrected chi connectivity index (χ0v) is 17.5. The van der Waals surface area contributed by atoms with Gasteiger partial charge in [0.1, 0.15) is 5.69 Å². The van der Waals surface area contributed by atoms with Gasteiger partial charge in [0.05, 0.1) is 17.6 Å². The van der Waals surface area contributed by atoms with Crippen molar-refractivity contribution < 1.29 is 9.59 Å². The summed E-state index contributed by atoms with van der Waals surface area (Å²) < 4.78 is 0. The lowest BCUT2D eigenvalue weighted by molar-refractivity contribution is -0.127. The highest BCUT2D eigenvalue weighted by molar-refractivity contribution is 5.95. The van der Waals surface area contributed by atoms with E-state index in [1.165, 1.54) is 0 Å². The minimum atomic E-state index is -0.463. The number of rotatable bonds is 6. The SMILES string of the molecule is N[C@H](Cc1ccccc1)NC(=O)[C@@H]1CCCC[C@@H]1NC(=O)c1ccc2ccccc2n1. The molecule has 0 spiro atoms. The molecule has 2 aromatic carbocycles. The Balaban J connectivity index is 1.40. The number of para-hydroxylation sites is 1. The maximum absolute atomic E-state index is 12.9. The van der Waals surface area contributed by atoms with Crippen LogP contribution in [0.25, 0.3) is 10.9 Å². The van der Waals surface area contributed by atoms with E-state index in [4.69, 9.17) is 5.73 Å². The Kier molecular flexibility index (Phi) is 6.57. The van der Waals surface area contributed by atoms with Crippen molar-refractivity contribution in [1.29, 1.82) is 0 Å². The molecule has 0 unspecified atom stereocenters. The summed E-state index contributed by atoms with van der Waals surface area (Å²) in [5.41, 5.74) is 8.39. The second-order valence-corrected chi connectivity index (χ2v) is 8.16. The number of amides is 2. The molecule has 1 aliphatic rings. The molecule has 6 nitrogen and oxygen atoms in total. The van der Waals surface area contributed by atoms with Gasteiger partial charge in [-0.1, -0.05) is 67.4 Å². The molecule has 31 heavy (non-hydrogen) atoms. The van der Waals surface area contributed by atoms with Gasteiger partial charge in [-0.05, 0) is 30.5 Å². The topological polar surface area (TPSA) is 97.1 Å². The Morgan fingerprint density at radius 2 is 1.71 bits per heavy atom. The van der Waals surface area contributed by atoms with Crippen LogP contribution in [0, 0.1) is 5.92 Å². The minimum absolute atomic E-state index is 0.0973. The van der Waals surface area contributed by atoms with E-state index in [-0.39, 0.29) is 23.8 Å². The van der Waals surface area contributed by atoms with Crippen LogP contribution in [0.1, 0.15) is 41.7 Å². The molecule has 1 saturated carbocycles. The van der Waals surface area contributed by atoms with E-state index in [0.29, 0.717) is 12.1 Å². The first kappa shape index (κ1) is 21.0. The molecule has 1 aromatic heterocycles. The molecule has 4 N–H and O–H groups in total. The van der Waals surface area contributed by atoms with Crippen molar-refractivity contribution in [3.8, 4) is 0 Å². The van der Waals surface area contributed by atoms with Crippen LogP contribution in [0.2, 0.25) is 0 Å². The lowest BCUT2D eigenvalue weighted by Gasteiger charge is -2.32. The fraction of sp³-hybridized carbons (Fsp3) is 0.320. The Morgan fingerprint density at radius 3 is 2.55 bits per heavy atom. The average molecular weight is 417 g/mol. The van der Waals surface area contributed by atoms with Crippen LogP contribution >= 0.6 is 0 Å². The third-order valence-corrected chi connectivity index (χ3v) is 5.88. The quantitative estimate of drug-likeness (QED) is 0.538. The number of fused-ring (bicyclic) bond motifs is 1. The summed E-state index contributed by atoms with van der Waals surface area (Å²) in [6.45, 7) is 0. The van der Waals surface area contributed by atoms with E-state index in [0.717, 1.165) is 42.1 Å². The van der Waals surface area contributed by atoms with E-state index < -0.39 is 6.17 Å². The van der Waals surface area contributed by atoms with Gasteiger partial charge < -0.3 is 16.4 Å². The Labute approximate surface area is 182 Å². The second kappa shape index (κ2) is 9.71. The number of carbonyl (C=O) groups is 2. The molecule has 3 aromatic rings. The number of nitrogens with zero attached hydrogens (tertiary/aromatic N) is 1. The molecule has 0 radical (unpaired) electrons. The Hall–Kier alpha value is -3.25. The first-order valence-electron chi connectivity index (χ1n) is 10.9. The summed E-state index contributed by atoms with van der Waals surface area (Å²) in [4.78, 5) is 30.3. The summed E-state index contributed by atoms with van der Waals surface area (Å²) in [5.74, 6) is -0.635. The summed E-state index contributed by atoms with van der Waals surface area (Å²) in [6.07, 6.45) is 3.56. The molecule has 1 aliphatic carbocycles. The highest BCUT2D eigenvalue weighted by Gasteiger charge is 2.33. The summed E-state index contributed by atoms with van der Waals surface area (Å²) in [5, 5.41) is 6.98. The number of nitrogens with two attached hydrogens (primary N) is 1. The van der Waals surface area contributed by atoms with Gasteiger partial charge in [0.2, 0.25) is 5.91 Å². The van der Waals surface area contributed by atoms with E-state index in [1.807, 2.05) is 60.7 Å². The van der Waals surface area contributed by atoms with Gasteiger partial charge in [-0.25, -0.2) is 4.98 Å². The van der Waals surface area contributed by atoms with Gasteiger partial charge in [0.25, 0.3) is 5.91 Å². The molecule has 2 amide bonds. The van der Waals surface area contributed by atoms with Crippen LogP contribution in [0.5, 0.6) is 0 Å². The first-order chi connectivity index (χ1) is 15.1. The maximum Gasteiger partial charge on any atom is 0.270 e. The Bertz CT molecular complexity index is 1050. The molecule has 3 atom stereocenters. The smallest absolute Gasteiger partial charge is 0.270 e. The molecule has 4 rings (SSSR count). The molecular formula is C25H28N4O2. The van der Waals surface area contributed by atoms with Crippen molar-refractivity contribution in [2.45, 2.75) is 44.3 Å². The standard InChI is InChI=1S/C25H28N4O2/c26-23(16-17-8-2-1-3-9-17)29-24(30)19-11-5-7-13-21(19)28-25(31)22-15-14-18-10-4-6-12-20(18)27-22/h1-4,6,8-10,12,14-15,19,21,23H,5,7,11,13,16,26H2,(H,28,31)(H,29,30)/t19-,21+,23+/m1/s1. The predicted molar refractivity (Wildman–Crippen MR) is 121 cm³/mol. The Morgan fingerprint density at radius 1 is 0.968 bits per heavy atom. The third kappa shape index (κ3) is 5.27. The zero-order valence-electron chi connectivity index (χ0n) is 17.5. The van der Waals surface area contributed by atoms with Crippen molar-refractivity contribution in [3.05, 3.63) is 78.0 Å². The van der Waals surface area contributed by atoms with Crippen molar-refractivity contribution >= 4 is 22.7 Å². The highest BCUT2D eigenvalue weighted by atomic mass is 16.2. The van der Waals surface area contributed by atoms with Gasteiger partial charge in [-0.2, -0.15) is 0 Å². The number of benzene rings is 2. The first-order valence-corrected chi connectivity index (χ1v) is 10.9. The van der Waals surface area contributed by atoms with Crippen LogP contribution in [0.4, 0.5) is 0 Å². The van der Waals surface area contributed by atoms with E-state index in [2.05, 4.69) is 15.6 Å². The fourth-order valence-corrected chi connectivity index (χ4v) is 4.26.